The molecule has 9 heteroatoms. The molecule has 0 spiro atoms. The van der Waals surface area contributed by atoms with E-state index in [1.54, 1.807) is 11.8 Å². The lowest BCUT2D eigenvalue weighted by Crippen LogP contribution is -2.56. The van der Waals surface area contributed by atoms with Crippen molar-refractivity contribution in [3.05, 3.63) is 0 Å². The fourth-order valence-electron chi connectivity index (χ4n) is 3.47. The van der Waals surface area contributed by atoms with E-state index in [2.05, 4.69) is 0 Å². The van der Waals surface area contributed by atoms with Gasteiger partial charge in [-0.05, 0) is 26.7 Å². The molecule has 8 nitrogen and oxygen atoms in total. The molecule has 0 aromatic carbocycles. The highest BCUT2D eigenvalue weighted by Gasteiger charge is 2.34. The minimum Gasteiger partial charge on any atom is -0.466 e. The zero-order valence-corrected chi connectivity index (χ0v) is 16.1. The number of carbonyl (C=O) groups excluding carboxylic acids is 2. The van der Waals surface area contributed by atoms with Crippen LogP contribution >= 0.6 is 0 Å². The van der Waals surface area contributed by atoms with Crippen molar-refractivity contribution in [2.24, 2.45) is 5.92 Å². The van der Waals surface area contributed by atoms with E-state index < -0.39 is 10.0 Å². The van der Waals surface area contributed by atoms with E-state index in [0.29, 0.717) is 45.9 Å². The molecule has 1 amide bonds. The van der Waals surface area contributed by atoms with E-state index in [0.717, 1.165) is 12.8 Å². The average molecular weight is 375 g/mol. The van der Waals surface area contributed by atoms with Crippen molar-refractivity contribution in [2.45, 2.75) is 32.7 Å². The molecule has 0 bridgehead atoms. The third-order valence-electron chi connectivity index (χ3n) is 5.00. The molecule has 2 rings (SSSR count). The molecular formula is C16H29N3O5S. The number of esters is 1. The van der Waals surface area contributed by atoms with Crippen molar-refractivity contribution in [3.63, 3.8) is 0 Å². The van der Waals surface area contributed by atoms with Crippen LogP contribution in [0, 0.1) is 5.92 Å². The van der Waals surface area contributed by atoms with Gasteiger partial charge >= 0.3 is 5.97 Å². The van der Waals surface area contributed by atoms with Crippen LogP contribution in [0.15, 0.2) is 0 Å². The van der Waals surface area contributed by atoms with Gasteiger partial charge in [-0.2, -0.15) is 4.31 Å². The second-order valence-electron chi connectivity index (χ2n) is 6.75. The maximum atomic E-state index is 12.8. The molecule has 2 fully saturated rings. The molecule has 0 aromatic heterocycles. The first-order valence-electron chi connectivity index (χ1n) is 8.88. The number of hydrogen-bond donors (Lipinski definition) is 0. The van der Waals surface area contributed by atoms with Crippen LogP contribution < -0.4 is 0 Å². The fourth-order valence-corrected chi connectivity index (χ4v) is 4.30. The number of carbonyl (C=O) groups is 2. The van der Waals surface area contributed by atoms with Crippen molar-refractivity contribution in [2.75, 3.05) is 52.1 Å². The van der Waals surface area contributed by atoms with Gasteiger partial charge in [0.05, 0.1) is 24.8 Å². The van der Waals surface area contributed by atoms with Crippen LogP contribution in [0.3, 0.4) is 0 Å². The minimum absolute atomic E-state index is 0.00167. The molecule has 0 N–H and O–H groups in total. The highest BCUT2D eigenvalue weighted by atomic mass is 32.2. The van der Waals surface area contributed by atoms with Crippen molar-refractivity contribution >= 4 is 21.9 Å². The number of piperazine rings is 1. The van der Waals surface area contributed by atoms with Crippen LogP contribution in [0.4, 0.5) is 0 Å². The lowest BCUT2D eigenvalue weighted by molar-refractivity contribution is -0.152. The Bertz CT molecular complexity index is 587. The summed E-state index contributed by atoms with van der Waals surface area (Å²) in [6, 6.07) is -0.317. The number of hydrogen-bond acceptors (Lipinski definition) is 6. The summed E-state index contributed by atoms with van der Waals surface area (Å²) in [6.07, 6.45) is 2.76. The van der Waals surface area contributed by atoms with Gasteiger partial charge in [0.15, 0.2) is 0 Å². The Morgan fingerprint density at radius 1 is 1.16 bits per heavy atom. The lowest BCUT2D eigenvalue weighted by Gasteiger charge is -2.39. The molecule has 2 aliphatic rings. The van der Waals surface area contributed by atoms with E-state index in [9.17, 15) is 18.0 Å². The van der Waals surface area contributed by atoms with Gasteiger partial charge in [-0.3, -0.25) is 14.5 Å². The fraction of sp³-hybridized carbons (Fsp3) is 0.875. The molecule has 0 aromatic rings. The molecule has 2 heterocycles. The summed E-state index contributed by atoms with van der Waals surface area (Å²) in [5.41, 5.74) is 0. The molecule has 2 saturated heterocycles. The zero-order chi connectivity index (χ0) is 18.6. The van der Waals surface area contributed by atoms with Gasteiger partial charge < -0.3 is 9.64 Å². The summed E-state index contributed by atoms with van der Waals surface area (Å²) in [7, 11) is -3.18. The van der Waals surface area contributed by atoms with Crippen LogP contribution in [-0.2, 0) is 24.3 Å². The van der Waals surface area contributed by atoms with Gasteiger partial charge in [0.2, 0.25) is 15.9 Å². The number of sulfonamides is 1. The Labute approximate surface area is 150 Å². The van der Waals surface area contributed by atoms with Crippen LogP contribution in [-0.4, -0.2) is 92.6 Å². The Balaban J connectivity index is 1.90. The SMILES string of the molecule is CCOC(=O)C1CCCN(C(=O)C(C)N2CCN(S(C)(=O)=O)CC2)C1. The predicted molar refractivity (Wildman–Crippen MR) is 93.4 cm³/mol. The summed E-state index contributed by atoms with van der Waals surface area (Å²) >= 11 is 0. The van der Waals surface area contributed by atoms with Gasteiger partial charge in [-0.25, -0.2) is 8.42 Å². The number of nitrogens with zero attached hydrogens (tertiary/aromatic N) is 3. The van der Waals surface area contributed by atoms with Crippen molar-refractivity contribution in [1.29, 1.82) is 0 Å². The lowest BCUT2D eigenvalue weighted by atomic mass is 9.97. The van der Waals surface area contributed by atoms with E-state index in [1.165, 1.54) is 10.6 Å². The highest BCUT2D eigenvalue weighted by Crippen LogP contribution is 2.20. The Hall–Kier alpha value is -1.19. The van der Waals surface area contributed by atoms with Crippen LogP contribution in [0.1, 0.15) is 26.7 Å². The topological polar surface area (TPSA) is 87.2 Å². The van der Waals surface area contributed by atoms with E-state index >= 15 is 0 Å². The Kier molecular flexibility index (Phi) is 6.81. The molecule has 0 radical (unpaired) electrons. The van der Waals surface area contributed by atoms with E-state index in [-0.39, 0.29) is 23.8 Å². The maximum absolute atomic E-state index is 12.8. The van der Waals surface area contributed by atoms with Crippen molar-refractivity contribution in [3.8, 4) is 0 Å². The summed E-state index contributed by atoms with van der Waals surface area (Å²) in [6.45, 7) is 6.93. The number of rotatable bonds is 5. The smallest absolute Gasteiger partial charge is 0.310 e. The summed E-state index contributed by atoms with van der Waals surface area (Å²) < 4.78 is 29.7. The average Bonchev–Trinajstić information content (AvgIpc) is 2.60. The van der Waals surface area contributed by atoms with Crippen molar-refractivity contribution < 1.29 is 22.7 Å². The van der Waals surface area contributed by atoms with Crippen LogP contribution in [0.5, 0.6) is 0 Å². The second-order valence-corrected chi connectivity index (χ2v) is 8.73. The van der Waals surface area contributed by atoms with E-state index in [1.807, 2.05) is 11.8 Å². The molecule has 0 aliphatic carbocycles. The first kappa shape index (κ1) is 20.1. The molecular weight excluding hydrogens is 346 g/mol. The highest BCUT2D eigenvalue weighted by molar-refractivity contribution is 7.88. The number of piperidine rings is 1. The Morgan fingerprint density at radius 2 is 1.80 bits per heavy atom. The third-order valence-corrected chi connectivity index (χ3v) is 6.30. The normalized spacial score (nSPS) is 24.8. The second kappa shape index (κ2) is 8.46. The molecule has 0 saturated carbocycles. The van der Waals surface area contributed by atoms with Gasteiger partial charge in [0.25, 0.3) is 0 Å². The summed E-state index contributed by atoms with van der Waals surface area (Å²) in [4.78, 5) is 28.5. The van der Waals surface area contributed by atoms with Gasteiger partial charge in [-0.1, -0.05) is 0 Å². The largest absolute Gasteiger partial charge is 0.466 e. The molecule has 2 atom stereocenters. The minimum atomic E-state index is -3.18. The van der Waals surface area contributed by atoms with Crippen molar-refractivity contribution in [1.82, 2.24) is 14.1 Å². The maximum Gasteiger partial charge on any atom is 0.310 e. The predicted octanol–water partition coefficient (Wildman–Crippen LogP) is -0.246. The monoisotopic (exact) mass is 375 g/mol. The van der Waals surface area contributed by atoms with Crippen LogP contribution in [0.2, 0.25) is 0 Å². The first-order valence-corrected chi connectivity index (χ1v) is 10.7. The summed E-state index contributed by atoms with van der Waals surface area (Å²) in [5, 5.41) is 0. The number of likely N-dealkylation sites (tertiary alicyclic amines) is 1. The van der Waals surface area contributed by atoms with Gasteiger partial charge in [-0.15, -0.1) is 0 Å². The van der Waals surface area contributed by atoms with Gasteiger partial charge in [0.1, 0.15) is 0 Å². The molecule has 2 unspecified atom stereocenters. The van der Waals surface area contributed by atoms with E-state index in [4.69, 9.17) is 4.74 Å². The molecule has 25 heavy (non-hydrogen) atoms. The first-order chi connectivity index (χ1) is 11.7. The number of amides is 1. The molecule has 144 valence electrons. The third kappa shape index (κ3) is 5.15. The zero-order valence-electron chi connectivity index (χ0n) is 15.3. The Morgan fingerprint density at radius 3 is 2.36 bits per heavy atom. The van der Waals surface area contributed by atoms with Gasteiger partial charge in [0, 0.05) is 39.3 Å². The number of ether oxygens (including phenoxy) is 1. The molecule has 2 aliphatic heterocycles. The standard InChI is InChI=1S/C16H29N3O5S/c1-4-24-16(21)14-6-5-7-18(12-14)15(20)13(2)17-8-10-19(11-9-17)25(3,22)23/h13-14H,4-12H2,1-3H3. The quantitative estimate of drug-likeness (QED) is 0.616. The van der Waals surface area contributed by atoms with Crippen LogP contribution in [0.25, 0.3) is 0 Å². The summed E-state index contributed by atoms with van der Waals surface area (Å²) in [5.74, 6) is -0.469.